The fourth-order valence-electron chi connectivity index (χ4n) is 9.74. The summed E-state index contributed by atoms with van der Waals surface area (Å²) in [4.78, 5) is 11.8. The maximum Gasteiger partial charge on any atom is 0.584 e. The van der Waals surface area contributed by atoms with Gasteiger partial charge in [-0.2, -0.15) is 105 Å². The Morgan fingerprint density at radius 3 is 0.682 bits per heavy atom. The quantitative estimate of drug-likeness (QED) is 0.0872. The first-order valence-electron chi connectivity index (χ1n) is 23.1. The van der Waals surface area contributed by atoms with Crippen molar-refractivity contribution in [3.8, 4) is 22.6 Å². The number of benzene rings is 8. The molecule has 0 atom stereocenters. The van der Waals surface area contributed by atoms with Crippen LogP contribution in [0.15, 0.2) is 133 Å². The summed E-state index contributed by atoms with van der Waals surface area (Å²) in [6, 6.07) is 2.87. The summed E-state index contributed by atoms with van der Waals surface area (Å²) in [5.41, 5.74) is -41.8. The summed E-state index contributed by atoms with van der Waals surface area (Å²) in [6.07, 6.45) is -47.7. The molecule has 0 saturated carbocycles. The Kier molecular flexibility index (Phi) is 14.3. The summed E-state index contributed by atoms with van der Waals surface area (Å²) in [5, 5.41) is 24.1. The van der Waals surface area contributed by atoms with Gasteiger partial charge in [-0.15, -0.1) is 0 Å². The third-order valence-electron chi connectivity index (χ3n) is 13.5. The number of aliphatic hydroxyl groups is 2. The first kappa shape index (κ1) is 61.9. The summed E-state index contributed by atoms with van der Waals surface area (Å²) in [5.74, 6) is -3.43. The third kappa shape index (κ3) is 11.4. The topological polar surface area (TPSA) is 96.2 Å². The summed E-state index contributed by atoms with van der Waals surface area (Å²) >= 11 is 0. The summed E-state index contributed by atoms with van der Waals surface area (Å²) in [7, 11) is -6.76. The predicted molar refractivity (Wildman–Crippen MR) is 248 cm³/mol. The SMILES string of the molecule is O=P1(O)Oc2c(C(O)(c3cc(C(F)(F)F)cc(C(F)(F)F)c3)c3cc(C(F)(F)F)cc(C(F)(F)F)c3)cc3ccccc3c2-c2c(c(C(O)(c3cc(C(F)(F)F)cc(C(F)(F)F)c3)c3cc(C(F)(F)F)cc(C(F)(F)F)c3)cc3ccccc23)O1. The van der Waals surface area contributed by atoms with E-state index in [0.29, 0.717) is 12.1 Å². The van der Waals surface area contributed by atoms with E-state index < -0.39 is 263 Å². The average Bonchev–Trinajstić information content (AvgIpc) is 2.25. The van der Waals surface area contributed by atoms with Crippen molar-refractivity contribution < 1.29 is 134 Å². The highest BCUT2D eigenvalue weighted by Gasteiger charge is 2.52. The highest BCUT2D eigenvalue weighted by atomic mass is 31.2. The molecule has 0 saturated heterocycles. The Hall–Kier alpha value is -7.69. The second kappa shape index (κ2) is 19.7. The van der Waals surface area contributed by atoms with Crippen LogP contribution in [0.5, 0.6) is 11.5 Å². The van der Waals surface area contributed by atoms with Crippen molar-refractivity contribution in [1.82, 2.24) is 0 Å². The predicted octanol–water partition coefficient (Wildman–Crippen LogP) is 18.3. The number of phosphoric ester groups is 1. The zero-order valence-corrected chi connectivity index (χ0v) is 41.7. The molecule has 0 spiro atoms. The molecular weight excluding hydrogens is 1230 g/mol. The second-order valence-corrected chi connectivity index (χ2v) is 20.3. The zero-order chi connectivity index (χ0) is 63.2. The van der Waals surface area contributed by atoms with Gasteiger partial charge in [0.05, 0.1) is 44.5 Å². The standard InChI is InChI=1S/C54H25F24O6P/c55-47(56,57)29-11-25(12-30(19-29)48(58,59)60)45(79,26-13-31(49(61,62)63)20-32(14-26)50(64,65)66)39-9-23-5-1-3-7-37(23)41-42-38-8-4-2-6-24(38)10-40(44(42)84-85(81,82)83-43(39)41)46(80,27-15-33(51(67,68)69)21-34(16-27)52(70,71)72)28-17-35(53(73,74)75)22-36(18-28)54(76,77)78/h1-22,79-80H,(H,81,82). The average molecular weight is 1260 g/mol. The summed E-state index contributed by atoms with van der Waals surface area (Å²) in [6.45, 7) is 0. The van der Waals surface area contributed by atoms with E-state index in [1.807, 2.05) is 0 Å². The molecule has 85 heavy (non-hydrogen) atoms. The van der Waals surface area contributed by atoms with Gasteiger partial charge in [0.25, 0.3) is 0 Å². The molecule has 0 aromatic heterocycles. The van der Waals surface area contributed by atoms with Crippen molar-refractivity contribution in [2.75, 3.05) is 0 Å². The monoisotopic (exact) mass is 1260 g/mol. The number of fused-ring (bicyclic) bond motifs is 7. The van der Waals surface area contributed by atoms with E-state index in [1.54, 1.807) is 0 Å². The molecule has 1 aliphatic heterocycles. The third-order valence-corrected chi connectivity index (χ3v) is 14.3. The number of halogens is 24. The van der Waals surface area contributed by atoms with Crippen molar-refractivity contribution >= 4 is 29.4 Å². The first-order chi connectivity index (χ1) is 38.6. The molecule has 6 nitrogen and oxygen atoms in total. The fourth-order valence-corrected chi connectivity index (χ4v) is 10.6. The maximum atomic E-state index is 14.8. The lowest BCUT2D eigenvalue weighted by Crippen LogP contribution is -2.32. The van der Waals surface area contributed by atoms with Crippen molar-refractivity contribution in [2.24, 2.45) is 0 Å². The van der Waals surface area contributed by atoms with E-state index in [9.17, 15) is 125 Å². The van der Waals surface area contributed by atoms with Crippen LogP contribution in [0, 0.1) is 0 Å². The van der Waals surface area contributed by atoms with Crippen LogP contribution in [0.4, 0.5) is 105 Å². The number of hydrogen-bond donors (Lipinski definition) is 3. The van der Waals surface area contributed by atoms with E-state index in [4.69, 9.17) is 9.05 Å². The first-order valence-corrected chi connectivity index (χ1v) is 24.6. The van der Waals surface area contributed by atoms with E-state index in [-0.39, 0.29) is 0 Å². The lowest BCUT2D eigenvalue weighted by atomic mass is 9.74. The molecular formula is C54H25F24O6P. The van der Waals surface area contributed by atoms with Gasteiger partial charge in [-0.3, -0.25) is 4.89 Å². The van der Waals surface area contributed by atoms with Gasteiger partial charge in [0.2, 0.25) is 0 Å². The lowest BCUT2D eigenvalue weighted by Gasteiger charge is -2.35. The molecule has 1 heterocycles. The van der Waals surface area contributed by atoms with Crippen molar-refractivity contribution in [3.63, 3.8) is 0 Å². The molecule has 9 rings (SSSR count). The number of phosphoric acid groups is 1. The highest BCUT2D eigenvalue weighted by molar-refractivity contribution is 7.48. The summed E-state index contributed by atoms with van der Waals surface area (Å²) < 4.78 is 379. The Balaban J connectivity index is 1.57. The minimum absolute atomic E-state index is 0.394. The molecule has 8 aromatic carbocycles. The molecule has 0 fully saturated rings. The second-order valence-electron chi connectivity index (χ2n) is 18.9. The van der Waals surface area contributed by atoms with Gasteiger partial charge in [-0.05, 0) is 129 Å². The largest absolute Gasteiger partial charge is 0.584 e. The molecule has 31 heteroatoms. The number of alkyl halides is 24. The molecule has 0 unspecified atom stereocenters. The van der Waals surface area contributed by atoms with Crippen LogP contribution in [0.25, 0.3) is 32.7 Å². The van der Waals surface area contributed by atoms with Gasteiger partial charge in [-0.1, -0.05) is 48.5 Å². The van der Waals surface area contributed by atoms with Gasteiger partial charge in [-0.25, -0.2) is 4.57 Å². The molecule has 0 amide bonds. The molecule has 0 bridgehead atoms. The number of rotatable bonds is 6. The maximum absolute atomic E-state index is 14.8. The van der Waals surface area contributed by atoms with Crippen LogP contribution in [0.1, 0.15) is 77.9 Å². The van der Waals surface area contributed by atoms with Crippen LogP contribution in [-0.2, 0) is 65.2 Å². The molecule has 3 N–H and O–H groups in total. The smallest absolute Gasteiger partial charge is 0.394 e. The van der Waals surface area contributed by atoms with Gasteiger partial charge >= 0.3 is 57.2 Å². The Morgan fingerprint density at radius 2 is 0.482 bits per heavy atom. The van der Waals surface area contributed by atoms with Gasteiger partial charge in [0.15, 0.2) is 0 Å². The Labute approximate surface area is 457 Å². The Bertz CT molecular complexity index is 3520. The van der Waals surface area contributed by atoms with E-state index in [0.717, 1.165) is 48.5 Å². The van der Waals surface area contributed by atoms with Crippen LogP contribution in [0.2, 0.25) is 0 Å². The molecule has 0 aliphatic carbocycles. The van der Waals surface area contributed by atoms with Gasteiger partial charge in [0, 0.05) is 22.3 Å². The molecule has 1 aliphatic rings. The fraction of sp³-hybridized carbons (Fsp3) is 0.185. The minimum atomic E-state index is -6.76. The van der Waals surface area contributed by atoms with Crippen LogP contribution in [-0.4, -0.2) is 15.1 Å². The Morgan fingerprint density at radius 1 is 0.294 bits per heavy atom. The van der Waals surface area contributed by atoms with Crippen molar-refractivity contribution in [3.05, 3.63) is 211 Å². The number of hydrogen-bond acceptors (Lipinski definition) is 5. The minimum Gasteiger partial charge on any atom is -0.394 e. The van der Waals surface area contributed by atoms with Gasteiger partial charge < -0.3 is 19.3 Å². The van der Waals surface area contributed by atoms with Crippen molar-refractivity contribution in [1.29, 1.82) is 0 Å². The zero-order valence-electron chi connectivity index (χ0n) is 40.8. The molecule has 8 aromatic rings. The molecule has 450 valence electrons. The van der Waals surface area contributed by atoms with Gasteiger partial charge in [0.1, 0.15) is 22.7 Å². The van der Waals surface area contributed by atoms with Crippen molar-refractivity contribution in [2.45, 2.75) is 60.6 Å². The van der Waals surface area contributed by atoms with E-state index in [2.05, 4.69) is 0 Å². The molecule has 0 radical (unpaired) electrons. The van der Waals surface area contributed by atoms with Crippen LogP contribution < -0.4 is 9.05 Å². The van der Waals surface area contributed by atoms with Crippen LogP contribution >= 0.6 is 7.82 Å². The van der Waals surface area contributed by atoms with E-state index >= 15 is 0 Å². The lowest BCUT2D eigenvalue weighted by molar-refractivity contribution is -0.145. The van der Waals surface area contributed by atoms with E-state index in [1.165, 1.54) is 0 Å². The normalized spacial score (nSPS) is 14.9. The van der Waals surface area contributed by atoms with Crippen LogP contribution in [0.3, 0.4) is 0 Å². The highest BCUT2D eigenvalue weighted by Crippen LogP contribution is 2.64.